The van der Waals surface area contributed by atoms with Crippen molar-refractivity contribution in [3.63, 3.8) is 0 Å². The van der Waals surface area contributed by atoms with E-state index < -0.39 is 0 Å². The third-order valence-electron chi connectivity index (χ3n) is 3.04. The molecule has 0 spiro atoms. The van der Waals surface area contributed by atoms with E-state index in [1.165, 1.54) is 0 Å². The monoisotopic (exact) mass is 321 g/mol. The molecule has 0 aliphatic rings. The van der Waals surface area contributed by atoms with Gasteiger partial charge in [-0.25, -0.2) is 4.39 Å². The minimum Gasteiger partial charge on any atom is -0.310 e. The summed E-state index contributed by atoms with van der Waals surface area (Å²) in [6.07, 6.45) is 0.991. The van der Waals surface area contributed by atoms with E-state index in [-0.39, 0.29) is 16.9 Å². The van der Waals surface area contributed by atoms with Crippen molar-refractivity contribution in [2.24, 2.45) is 5.92 Å². The molecule has 17 heavy (non-hydrogen) atoms. The zero-order valence-corrected chi connectivity index (χ0v) is 12.7. The van der Waals surface area contributed by atoms with E-state index in [0.29, 0.717) is 16.0 Å². The average Bonchev–Trinajstić information content (AvgIpc) is 2.33. The molecule has 0 aliphatic heterocycles. The third kappa shape index (κ3) is 3.43. The summed E-state index contributed by atoms with van der Waals surface area (Å²) in [5, 5.41) is 3.48. The quantitative estimate of drug-likeness (QED) is 0.757. The van der Waals surface area contributed by atoms with Gasteiger partial charge in [-0.15, -0.1) is 0 Å². The molecule has 0 saturated carbocycles. The Balaban J connectivity index is 3.14. The molecule has 1 aromatic rings. The Labute approximate surface area is 116 Å². The standard InChI is InChI=1S/C13H18BrClFN/c1-4-8(3)13(17-5-2)9-6-7-10(14)11(15)12(9)16/h6-8,13,17H,4-5H2,1-3H3. The Morgan fingerprint density at radius 2 is 2.06 bits per heavy atom. The normalized spacial score (nSPS) is 14.7. The Kier molecular flexibility index (Phi) is 5.90. The van der Waals surface area contributed by atoms with Crippen LogP contribution in [0.5, 0.6) is 0 Å². The lowest BCUT2D eigenvalue weighted by Crippen LogP contribution is -2.27. The molecule has 0 fully saturated rings. The van der Waals surface area contributed by atoms with E-state index >= 15 is 0 Å². The van der Waals surface area contributed by atoms with Crippen molar-refractivity contribution in [1.82, 2.24) is 5.32 Å². The zero-order chi connectivity index (χ0) is 13.0. The highest BCUT2D eigenvalue weighted by atomic mass is 79.9. The van der Waals surface area contributed by atoms with Crippen LogP contribution in [-0.2, 0) is 0 Å². The summed E-state index contributed by atoms with van der Waals surface area (Å²) >= 11 is 9.16. The fraction of sp³-hybridized carbons (Fsp3) is 0.538. The first-order valence-electron chi connectivity index (χ1n) is 5.89. The molecule has 96 valence electrons. The average molecular weight is 323 g/mol. The van der Waals surface area contributed by atoms with Crippen LogP contribution in [0.3, 0.4) is 0 Å². The van der Waals surface area contributed by atoms with Gasteiger partial charge in [-0.1, -0.05) is 44.9 Å². The second kappa shape index (κ2) is 6.72. The van der Waals surface area contributed by atoms with Crippen LogP contribution in [0.2, 0.25) is 5.02 Å². The SMILES string of the molecule is CCNC(c1ccc(Br)c(Cl)c1F)C(C)CC. The van der Waals surface area contributed by atoms with Gasteiger partial charge >= 0.3 is 0 Å². The second-order valence-electron chi connectivity index (χ2n) is 4.19. The van der Waals surface area contributed by atoms with Gasteiger partial charge in [0.25, 0.3) is 0 Å². The molecule has 0 aliphatic carbocycles. The highest BCUT2D eigenvalue weighted by molar-refractivity contribution is 9.10. The minimum absolute atomic E-state index is 0.00981. The van der Waals surface area contributed by atoms with Crippen LogP contribution in [0.4, 0.5) is 4.39 Å². The van der Waals surface area contributed by atoms with Crippen LogP contribution in [-0.4, -0.2) is 6.54 Å². The van der Waals surface area contributed by atoms with Crippen molar-refractivity contribution in [3.8, 4) is 0 Å². The first-order valence-corrected chi connectivity index (χ1v) is 7.06. The lowest BCUT2D eigenvalue weighted by atomic mass is 9.92. The van der Waals surface area contributed by atoms with Crippen LogP contribution in [0.15, 0.2) is 16.6 Å². The molecule has 4 heteroatoms. The van der Waals surface area contributed by atoms with Crippen LogP contribution in [0.1, 0.15) is 38.8 Å². The number of rotatable bonds is 5. The second-order valence-corrected chi connectivity index (χ2v) is 5.42. The van der Waals surface area contributed by atoms with E-state index in [4.69, 9.17) is 11.6 Å². The predicted octanol–water partition coefficient (Wildman–Crippen LogP) is 4.94. The molecule has 0 saturated heterocycles. The van der Waals surface area contributed by atoms with E-state index in [1.54, 1.807) is 12.1 Å². The number of nitrogens with one attached hydrogen (secondary N) is 1. The summed E-state index contributed by atoms with van der Waals surface area (Å²) in [5.74, 6) is 0.0361. The van der Waals surface area contributed by atoms with Gasteiger partial charge in [0.1, 0.15) is 5.82 Å². The van der Waals surface area contributed by atoms with Crippen molar-refractivity contribution in [2.45, 2.75) is 33.2 Å². The van der Waals surface area contributed by atoms with Crippen LogP contribution in [0, 0.1) is 11.7 Å². The molecular weight excluding hydrogens is 305 g/mol. The lowest BCUT2D eigenvalue weighted by molar-refractivity contribution is 0.372. The highest BCUT2D eigenvalue weighted by Gasteiger charge is 2.22. The summed E-state index contributed by atoms with van der Waals surface area (Å²) in [4.78, 5) is 0. The van der Waals surface area contributed by atoms with E-state index in [0.717, 1.165) is 13.0 Å². The molecule has 1 rings (SSSR count). The number of hydrogen-bond acceptors (Lipinski definition) is 1. The largest absolute Gasteiger partial charge is 0.310 e. The third-order valence-corrected chi connectivity index (χ3v) is 4.30. The Morgan fingerprint density at radius 1 is 1.41 bits per heavy atom. The van der Waals surface area contributed by atoms with E-state index in [9.17, 15) is 4.39 Å². The lowest BCUT2D eigenvalue weighted by Gasteiger charge is -2.25. The number of benzene rings is 1. The minimum atomic E-state index is -0.327. The van der Waals surface area contributed by atoms with Crippen LogP contribution >= 0.6 is 27.5 Å². The van der Waals surface area contributed by atoms with Gasteiger partial charge in [0, 0.05) is 16.1 Å². The topological polar surface area (TPSA) is 12.0 Å². The molecule has 0 bridgehead atoms. The van der Waals surface area contributed by atoms with Gasteiger partial charge in [-0.2, -0.15) is 0 Å². The smallest absolute Gasteiger partial charge is 0.147 e. The van der Waals surface area contributed by atoms with Crippen molar-refractivity contribution < 1.29 is 4.39 Å². The molecule has 1 nitrogen and oxygen atoms in total. The van der Waals surface area contributed by atoms with Gasteiger partial charge in [0.05, 0.1) is 5.02 Å². The van der Waals surface area contributed by atoms with Crippen molar-refractivity contribution in [2.75, 3.05) is 6.54 Å². The van der Waals surface area contributed by atoms with Crippen LogP contribution < -0.4 is 5.32 Å². The molecule has 0 heterocycles. The molecule has 0 amide bonds. The maximum absolute atomic E-state index is 14.1. The van der Waals surface area contributed by atoms with Crippen LogP contribution in [0.25, 0.3) is 0 Å². The fourth-order valence-electron chi connectivity index (χ4n) is 1.85. The van der Waals surface area contributed by atoms with Crippen molar-refractivity contribution >= 4 is 27.5 Å². The van der Waals surface area contributed by atoms with Gasteiger partial charge < -0.3 is 5.32 Å². The Morgan fingerprint density at radius 3 is 2.59 bits per heavy atom. The van der Waals surface area contributed by atoms with Gasteiger partial charge in [-0.05, 0) is 34.5 Å². The Hall–Kier alpha value is -0.120. The molecule has 2 unspecified atom stereocenters. The first kappa shape index (κ1) is 14.9. The van der Waals surface area contributed by atoms with E-state index in [1.807, 2.05) is 6.92 Å². The number of halogens is 3. The molecule has 0 radical (unpaired) electrons. The predicted molar refractivity (Wildman–Crippen MR) is 75.0 cm³/mol. The van der Waals surface area contributed by atoms with Crippen molar-refractivity contribution in [3.05, 3.63) is 33.0 Å². The van der Waals surface area contributed by atoms with Crippen molar-refractivity contribution in [1.29, 1.82) is 0 Å². The zero-order valence-electron chi connectivity index (χ0n) is 10.4. The molecule has 1 N–H and O–H groups in total. The fourth-order valence-corrected chi connectivity index (χ4v) is 2.33. The summed E-state index contributed by atoms with van der Waals surface area (Å²) in [5.41, 5.74) is 0.648. The summed E-state index contributed by atoms with van der Waals surface area (Å²) < 4.78 is 14.7. The van der Waals surface area contributed by atoms with Gasteiger partial charge in [0.2, 0.25) is 0 Å². The summed E-state index contributed by atoms with van der Waals surface area (Å²) in [6, 6.07) is 3.61. The summed E-state index contributed by atoms with van der Waals surface area (Å²) in [7, 11) is 0. The number of hydrogen-bond donors (Lipinski definition) is 1. The van der Waals surface area contributed by atoms with Gasteiger partial charge in [-0.3, -0.25) is 0 Å². The molecular formula is C13H18BrClFN. The molecule has 0 aromatic heterocycles. The van der Waals surface area contributed by atoms with Gasteiger partial charge in [0.15, 0.2) is 0 Å². The summed E-state index contributed by atoms with van der Waals surface area (Å²) in [6.45, 7) is 7.05. The van der Waals surface area contributed by atoms with E-state index in [2.05, 4.69) is 35.1 Å². The molecule has 2 atom stereocenters. The maximum Gasteiger partial charge on any atom is 0.147 e. The maximum atomic E-state index is 14.1. The highest BCUT2D eigenvalue weighted by Crippen LogP contribution is 2.33. The molecule has 1 aromatic carbocycles. The first-order chi connectivity index (χ1) is 8.02. The Bertz CT molecular complexity index is 384.